The van der Waals surface area contributed by atoms with Crippen LogP contribution in [-0.4, -0.2) is 25.3 Å². The van der Waals surface area contributed by atoms with Crippen LogP contribution in [0.4, 0.5) is 0 Å². The monoisotopic (exact) mass is 192 g/mol. The van der Waals surface area contributed by atoms with Gasteiger partial charge in [0.2, 0.25) is 0 Å². The number of rotatable bonds is 2. The molecule has 2 bridgehead atoms. The SMILES string of the molecule is CN(C)N=CC1=CC[C@H]2C[C@@H]1C2(C)C. The van der Waals surface area contributed by atoms with Crippen molar-refractivity contribution in [3.63, 3.8) is 0 Å². The van der Waals surface area contributed by atoms with Gasteiger partial charge in [0.25, 0.3) is 0 Å². The summed E-state index contributed by atoms with van der Waals surface area (Å²) in [6.45, 7) is 4.78. The van der Waals surface area contributed by atoms with Gasteiger partial charge in [-0.15, -0.1) is 0 Å². The normalized spacial score (nSPS) is 33.9. The zero-order chi connectivity index (χ0) is 10.3. The topological polar surface area (TPSA) is 15.6 Å². The molecule has 3 rings (SSSR count). The van der Waals surface area contributed by atoms with Gasteiger partial charge in [-0.1, -0.05) is 19.9 Å². The Morgan fingerprint density at radius 2 is 2.21 bits per heavy atom. The molecule has 0 N–H and O–H groups in total. The molecule has 0 saturated heterocycles. The van der Waals surface area contributed by atoms with Crippen LogP contribution >= 0.6 is 0 Å². The lowest BCUT2D eigenvalue weighted by Crippen LogP contribution is -2.48. The Bertz CT molecular complexity index is 287. The summed E-state index contributed by atoms with van der Waals surface area (Å²) in [4.78, 5) is 0. The fourth-order valence-corrected chi connectivity index (χ4v) is 2.73. The number of fused-ring (bicyclic) bond motifs is 1. The molecular weight excluding hydrogens is 172 g/mol. The van der Waals surface area contributed by atoms with Crippen molar-refractivity contribution in [1.82, 2.24) is 5.01 Å². The molecule has 0 amide bonds. The summed E-state index contributed by atoms with van der Waals surface area (Å²) in [7, 11) is 3.93. The maximum Gasteiger partial charge on any atom is 0.0502 e. The van der Waals surface area contributed by atoms with Crippen molar-refractivity contribution in [3.8, 4) is 0 Å². The second-order valence-electron chi connectivity index (χ2n) is 5.34. The van der Waals surface area contributed by atoms with E-state index in [4.69, 9.17) is 0 Å². The summed E-state index contributed by atoms with van der Waals surface area (Å²) >= 11 is 0. The van der Waals surface area contributed by atoms with Crippen LogP contribution in [-0.2, 0) is 0 Å². The van der Waals surface area contributed by atoms with E-state index in [0.29, 0.717) is 5.41 Å². The lowest BCUT2D eigenvalue weighted by molar-refractivity contribution is -0.00132. The second-order valence-corrected chi connectivity index (χ2v) is 5.34. The lowest BCUT2D eigenvalue weighted by atomic mass is 9.49. The van der Waals surface area contributed by atoms with Crippen LogP contribution in [0.15, 0.2) is 16.8 Å². The quantitative estimate of drug-likeness (QED) is 0.485. The molecule has 3 aliphatic carbocycles. The summed E-state index contributed by atoms with van der Waals surface area (Å²) < 4.78 is 0. The van der Waals surface area contributed by atoms with Crippen molar-refractivity contribution < 1.29 is 0 Å². The summed E-state index contributed by atoms with van der Waals surface area (Å²) in [5.74, 6) is 1.67. The molecular formula is C12H20N2. The third kappa shape index (κ3) is 1.37. The first-order chi connectivity index (χ1) is 6.51. The molecule has 2 nitrogen and oxygen atoms in total. The highest BCUT2D eigenvalue weighted by atomic mass is 15.4. The second kappa shape index (κ2) is 3.11. The van der Waals surface area contributed by atoms with E-state index in [1.165, 1.54) is 18.4 Å². The van der Waals surface area contributed by atoms with Crippen LogP contribution in [0, 0.1) is 17.3 Å². The predicted octanol–water partition coefficient (Wildman–Crippen LogP) is 2.53. The van der Waals surface area contributed by atoms with Crippen molar-refractivity contribution in [1.29, 1.82) is 0 Å². The molecule has 0 spiro atoms. The van der Waals surface area contributed by atoms with Crippen molar-refractivity contribution in [2.75, 3.05) is 14.1 Å². The molecule has 0 aromatic carbocycles. The van der Waals surface area contributed by atoms with Gasteiger partial charge in [0.1, 0.15) is 0 Å². The third-order valence-electron chi connectivity index (χ3n) is 3.95. The van der Waals surface area contributed by atoms with Crippen molar-refractivity contribution in [2.24, 2.45) is 22.4 Å². The molecule has 0 aromatic heterocycles. The number of nitrogens with zero attached hydrogens (tertiary/aromatic N) is 2. The molecule has 0 radical (unpaired) electrons. The highest BCUT2D eigenvalue weighted by Gasteiger charge is 2.50. The first-order valence-electron chi connectivity index (χ1n) is 5.43. The first kappa shape index (κ1) is 9.75. The Morgan fingerprint density at radius 1 is 1.50 bits per heavy atom. The highest BCUT2D eigenvalue weighted by Crippen LogP contribution is 2.58. The zero-order valence-corrected chi connectivity index (χ0v) is 9.62. The Kier molecular flexibility index (Phi) is 2.17. The van der Waals surface area contributed by atoms with Gasteiger partial charge >= 0.3 is 0 Å². The Labute approximate surface area is 86.7 Å². The zero-order valence-electron chi connectivity index (χ0n) is 9.62. The van der Waals surface area contributed by atoms with Gasteiger partial charge in [-0.3, -0.25) is 0 Å². The number of hydrogen-bond donors (Lipinski definition) is 0. The van der Waals surface area contributed by atoms with E-state index in [-0.39, 0.29) is 0 Å². The van der Waals surface area contributed by atoms with E-state index >= 15 is 0 Å². The summed E-state index contributed by atoms with van der Waals surface area (Å²) in [5.41, 5.74) is 1.97. The van der Waals surface area contributed by atoms with Crippen LogP contribution in [0.3, 0.4) is 0 Å². The summed E-state index contributed by atoms with van der Waals surface area (Å²) in [6, 6.07) is 0. The molecule has 14 heavy (non-hydrogen) atoms. The Morgan fingerprint density at radius 3 is 2.71 bits per heavy atom. The smallest absolute Gasteiger partial charge is 0.0502 e. The molecule has 1 fully saturated rings. The van der Waals surface area contributed by atoms with Gasteiger partial charge in [-0.2, -0.15) is 5.10 Å². The van der Waals surface area contributed by atoms with Crippen molar-refractivity contribution in [3.05, 3.63) is 11.6 Å². The minimum Gasteiger partial charge on any atom is -0.303 e. The number of hydrazone groups is 1. The maximum absolute atomic E-state index is 4.33. The van der Waals surface area contributed by atoms with E-state index in [1.54, 1.807) is 0 Å². The largest absolute Gasteiger partial charge is 0.303 e. The lowest BCUT2D eigenvalue weighted by Gasteiger charge is -2.55. The van der Waals surface area contributed by atoms with Crippen LogP contribution < -0.4 is 0 Å². The minimum atomic E-state index is 0.516. The Hall–Kier alpha value is -0.790. The van der Waals surface area contributed by atoms with Crippen LogP contribution in [0.1, 0.15) is 26.7 Å². The fourth-order valence-electron chi connectivity index (χ4n) is 2.73. The van der Waals surface area contributed by atoms with E-state index in [1.807, 2.05) is 25.3 Å². The predicted molar refractivity (Wildman–Crippen MR) is 60.3 cm³/mol. The van der Waals surface area contributed by atoms with Crippen LogP contribution in [0.2, 0.25) is 0 Å². The maximum atomic E-state index is 4.33. The molecule has 2 atom stereocenters. The Balaban J connectivity index is 2.11. The average Bonchev–Trinajstić information content (AvgIpc) is 2.14. The minimum absolute atomic E-state index is 0.516. The van der Waals surface area contributed by atoms with Crippen LogP contribution in [0.5, 0.6) is 0 Å². The van der Waals surface area contributed by atoms with Gasteiger partial charge < -0.3 is 5.01 Å². The molecule has 2 heteroatoms. The third-order valence-corrected chi connectivity index (χ3v) is 3.95. The molecule has 1 saturated carbocycles. The molecule has 78 valence electrons. The summed E-state index contributed by atoms with van der Waals surface area (Å²) in [5, 5.41) is 6.19. The van der Waals surface area contributed by atoms with Gasteiger partial charge in [-0.25, -0.2) is 0 Å². The average molecular weight is 192 g/mol. The van der Waals surface area contributed by atoms with Crippen molar-refractivity contribution >= 4 is 6.21 Å². The van der Waals surface area contributed by atoms with Gasteiger partial charge in [0.05, 0.1) is 6.21 Å². The van der Waals surface area contributed by atoms with E-state index in [9.17, 15) is 0 Å². The molecule has 0 heterocycles. The van der Waals surface area contributed by atoms with Gasteiger partial charge in [-0.05, 0) is 35.7 Å². The van der Waals surface area contributed by atoms with Gasteiger partial charge in [0.15, 0.2) is 0 Å². The first-order valence-corrected chi connectivity index (χ1v) is 5.43. The molecule has 0 aromatic rings. The van der Waals surface area contributed by atoms with Crippen molar-refractivity contribution in [2.45, 2.75) is 26.7 Å². The summed E-state index contributed by atoms with van der Waals surface area (Å²) in [6.07, 6.45) is 7.04. The van der Waals surface area contributed by atoms with Gasteiger partial charge in [0, 0.05) is 14.1 Å². The number of allylic oxidation sites excluding steroid dienone is 2. The number of hydrogen-bond acceptors (Lipinski definition) is 2. The highest BCUT2D eigenvalue weighted by molar-refractivity contribution is 5.80. The standard InChI is InChI=1S/C12H20N2/c1-12(2)10-6-5-9(11(12)7-10)8-13-14(3)4/h5,8,10-11H,6-7H2,1-4H3/t10-,11-/m0/s1. The molecule has 3 aliphatic rings. The van der Waals surface area contributed by atoms with E-state index in [0.717, 1.165) is 11.8 Å². The molecule has 0 aliphatic heterocycles. The van der Waals surface area contributed by atoms with E-state index < -0.39 is 0 Å². The van der Waals surface area contributed by atoms with E-state index in [2.05, 4.69) is 25.0 Å². The fraction of sp³-hybridized carbons (Fsp3) is 0.750. The molecule has 0 unspecified atom stereocenters. The van der Waals surface area contributed by atoms with Crippen LogP contribution in [0.25, 0.3) is 0 Å².